The van der Waals surface area contributed by atoms with Crippen LogP contribution in [0, 0.1) is 0 Å². The maximum absolute atomic E-state index is 10.9. The van der Waals surface area contributed by atoms with E-state index in [1.165, 1.54) is 7.05 Å². The van der Waals surface area contributed by atoms with E-state index < -0.39 is 10.6 Å². The zero-order chi connectivity index (χ0) is 7.78. The van der Waals surface area contributed by atoms with Crippen molar-refractivity contribution in [1.82, 2.24) is 0 Å². The summed E-state index contributed by atoms with van der Waals surface area (Å²) in [6.07, 6.45) is 0.0623. The van der Waals surface area contributed by atoms with Crippen LogP contribution in [-0.4, -0.2) is 35.2 Å². The summed E-state index contributed by atoms with van der Waals surface area (Å²) in [5, 5.41) is 8.59. The number of quaternary nitrogens is 1. The van der Waals surface area contributed by atoms with Gasteiger partial charge in [0.05, 0.1) is 20.0 Å². The monoisotopic (exact) mass is 144 g/mol. The van der Waals surface area contributed by atoms with Crippen molar-refractivity contribution in [2.75, 3.05) is 13.6 Å². The van der Waals surface area contributed by atoms with Crippen LogP contribution in [0.5, 0.6) is 0 Å². The van der Waals surface area contributed by atoms with Crippen LogP contribution in [0.4, 0.5) is 4.79 Å². The number of likely N-dealkylation sites (tertiary alicyclic amines) is 1. The molecule has 0 bridgehead atoms. The zero-order valence-electron chi connectivity index (χ0n) is 5.83. The molecule has 1 N–H and O–H groups in total. The molecule has 0 aromatic rings. The van der Waals surface area contributed by atoms with Gasteiger partial charge in [-0.3, -0.25) is 0 Å². The molecule has 0 aliphatic carbocycles. The predicted molar refractivity (Wildman–Crippen MR) is 33.3 cm³/mol. The molecular weight excluding hydrogens is 134 g/mol. The molecule has 56 valence electrons. The summed E-state index contributed by atoms with van der Waals surface area (Å²) >= 11 is 0. The number of carbonyl (C=O) groups excluding carboxylic acids is 1. The number of nitrogens with zero attached hydrogens (tertiary/aromatic N) is 1. The van der Waals surface area contributed by atoms with E-state index in [0.29, 0.717) is 19.4 Å². The number of carboxylic acid groups (broad SMARTS) is 1. The fraction of sp³-hybridized carbons (Fsp3) is 0.667. The summed E-state index contributed by atoms with van der Waals surface area (Å²) in [5.41, 5.74) is 0. The first kappa shape index (κ1) is 7.21. The smallest absolute Gasteiger partial charge is 0.435 e. The molecule has 0 aromatic carbocycles. The van der Waals surface area contributed by atoms with E-state index in [2.05, 4.69) is 0 Å². The molecule has 1 rings (SSSR count). The van der Waals surface area contributed by atoms with Crippen molar-refractivity contribution in [2.24, 2.45) is 0 Å². The third kappa shape index (κ3) is 0.806. The Morgan fingerprint density at radius 1 is 1.70 bits per heavy atom. The van der Waals surface area contributed by atoms with Crippen LogP contribution < -0.4 is 0 Å². The first-order valence-corrected chi connectivity index (χ1v) is 3.20. The molecule has 1 heterocycles. The summed E-state index contributed by atoms with van der Waals surface area (Å²) in [4.78, 5) is 21.4. The van der Waals surface area contributed by atoms with E-state index in [9.17, 15) is 9.59 Å². The SMILES string of the molecule is C[N+]1(C(=O)O)CCCC1=O. The molecule has 0 spiro atoms. The number of hydrogen-bond acceptors (Lipinski definition) is 2. The van der Waals surface area contributed by atoms with E-state index >= 15 is 0 Å². The van der Waals surface area contributed by atoms with Crippen molar-refractivity contribution in [3.63, 3.8) is 0 Å². The van der Waals surface area contributed by atoms with Gasteiger partial charge >= 0.3 is 12.0 Å². The molecule has 1 saturated heterocycles. The molecular formula is C6H10NO3+. The summed E-state index contributed by atoms with van der Waals surface area (Å²) < 4.78 is -0.431. The van der Waals surface area contributed by atoms with Crippen LogP contribution in [0.3, 0.4) is 0 Å². The van der Waals surface area contributed by atoms with Crippen molar-refractivity contribution < 1.29 is 19.2 Å². The lowest BCUT2D eigenvalue weighted by Crippen LogP contribution is -2.49. The van der Waals surface area contributed by atoms with Crippen LogP contribution in [0.1, 0.15) is 12.8 Å². The molecule has 1 fully saturated rings. The summed E-state index contributed by atoms with van der Waals surface area (Å²) in [5.74, 6) is -0.187. The quantitative estimate of drug-likeness (QED) is 0.501. The van der Waals surface area contributed by atoms with Crippen LogP contribution in [0.2, 0.25) is 0 Å². The first-order valence-electron chi connectivity index (χ1n) is 3.20. The van der Waals surface area contributed by atoms with Crippen molar-refractivity contribution in [3.8, 4) is 0 Å². The fourth-order valence-electron chi connectivity index (χ4n) is 1.12. The third-order valence-electron chi connectivity index (χ3n) is 1.97. The third-order valence-corrected chi connectivity index (χ3v) is 1.97. The highest BCUT2D eigenvalue weighted by Crippen LogP contribution is 2.17. The lowest BCUT2D eigenvalue weighted by atomic mass is 10.4. The Balaban J connectivity index is 2.86. The molecule has 4 heteroatoms. The lowest BCUT2D eigenvalue weighted by Gasteiger charge is -2.17. The molecule has 1 unspecified atom stereocenters. The number of hydrogen-bond donors (Lipinski definition) is 1. The maximum atomic E-state index is 10.9. The summed E-state index contributed by atoms with van der Waals surface area (Å²) in [7, 11) is 1.44. The van der Waals surface area contributed by atoms with Crippen molar-refractivity contribution in [2.45, 2.75) is 12.8 Å². The van der Waals surface area contributed by atoms with Crippen LogP contribution in [0.25, 0.3) is 0 Å². The molecule has 1 aliphatic heterocycles. The highest BCUT2D eigenvalue weighted by Gasteiger charge is 2.44. The largest absolute Gasteiger partial charge is 0.520 e. The normalized spacial score (nSPS) is 32.7. The van der Waals surface area contributed by atoms with Crippen LogP contribution in [0.15, 0.2) is 0 Å². The second-order valence-electron chi connectivity index (χ2n) is 2.69. The van der Waals surface area contributed by atoms with E-state index in [0.717, 1.165) is 0 Å². The Kier molecular flexibility index (Phi) is 1.48. The second kappa shape index (κ2) is 2.05. The molecule has 0 aromatic heterocycles. The van der Waals surface area contributed by atoms with Gasteiger partial charge in [-0.05, 0) is 0 Å². The molecule has 0 saturated carbocycles. The van der Waals surface area contributed by atoms with Gasteiger partial charge in [-0.1, -0.05) is 0 Å². The molecule has 1 aliphatic rings. The molecule has 4 nitrogen and oxygen atoms in total. The maximum Gasteiger partial charge on any atom is 0.520 e. The lowest BCUT2D eigenvalue weighted by molar-refractivity contribution is -0.750. The van der Waals surface area contributed by atoms with Crippen LogP contribution >= 0.6 is 0 Å². The molecule has 1 atom stereocenters. The fourth-order valence-corrected chi connectivity index (χ4v) is 1.12. The molecule has 2 amide bonds. The average molecular weight is 144 g/mol. The summed E-state index contributed by atoms with van der Waals surface area (Å²) in [6.45, 7) is 0.439. The number of carbonyl (C=O) groups is 2. The van der Waals surface area contributed by atoms with Gasteiger partial charge in [0.15, 0.2) is 0 Å². The van der Waals surface area contributed by atoms with E-state index in [4.69, 9.17) is 5.11 Å². The highest BCUT2D eigenvalue weighted by molar-refractivity contribution is 5.81. The van der Waals surface area contributed by atoms with Gasteiger partial charge in [0.2, 0.25) is 0 Å². The van der Waals surface area contributed by atoms with Crippen LogP contribution in [-0.2, 0) is 4.79 Å². The average Bonchev–Trinajstić information content (AvgIpc) is 2.15. The minimum absolute atomic E-state index is 0.187. The van der Waals surface area contributed by atoms with Gasteiger partial charge in [0.1, 0.15) is 0 Å². The number of amides is 2. The van der Waals surface area contributed by atoms with Gasteiger partial charge < -0.3 is 5.11 Å². The van der Waals surface area contributed by atoms with E-state index in [-0.39, 0.29) is 5.91 Å². The molecule has 10 heavy (non-hydrogen) atoms. The van der Waals surface area contributed by atoms with Gasteiger partial charge in [0.25, 0.3) is 0 Å². The number of rotatable bonds is 0. The van der Waals surface area contributed by atoms with Gasteiger partial charge in [0, 0.05) is 6.42 Å². The van der Waals surface area contributed by atoms with Gasteiger partial charge in [-0.25, -0.2) is 4.79 Å². The Hall–Kier alpha value is -0.900. The minimum atomic E-state index is -1.04. The van der Waals surface area contributed by atoms with Crippen molar-refractivity contribution in [3.05, 3.63) is 0 Å². The Labute approximate surface area is 58.6 Å². The van der Waals surface area contributed by atoms with Crippen molar-refractivity contribution >= 4 is 12.0 Å². The van der Waals surface area contributed by atoms with E-state index in [1.54, 1.807) is 0 Å². The number of imide groups is 1. The van der Waals surface area contributed by atoms with E-state index in [1.807, 2.05) is 0 Å². The Morgan fingerprint density at radius 3 is 2.50 bits per heavy atom. The molecule has 0 radical (unpaired) electrons. The first-order chi connectivity index (χ1) is 4.57. The van der Waals surface area contributed by atoms with Gasteiger partial charge in [-0.15, -0.1) is 0 Å². The second-order valence-corrected chi connectivity index (χ2v) is 2.69. The van der Waals surface area contributed by atoms with Gasteiger partial charge in [-0.2, -0.15) is 9.28 Å². The Morgan fingerprint density at radius 2 is 2.30 bits per heavy atom. The Bertz CT molecular complexity index is 189. The zero-order valence-corrected chi connectivity index (χ0v) is 5.83. The summed E-state index contributed by atoms with van der Waals surface area (Å²) in [6, 6.07) is 0. The topological polar surface area (TPSA) is 54.4 Å². The highest BCUT2D eigenvalue weighted by atomic mass is 16.4. The van der Waals surface area contributed by atoms with Crippen molar-refractivity contribution in [1.29, 1.82) is 0 Å². The standard InChI is InChI=1S/C6H9NO3/c1-7(6(9)10)4-2-3-5(7)8/h2-4H2,1H3/p+1. The predicted octanol–water partition coefficient (Wildman–Crippen LogP) is 0.431. The minimum Gasteiger partial charge on any atom is -0.435 e.